The molecule has 4 nitrogen and oxygen atoms in total. The van der Waals surface area contributed by atoms with E-state index >= 15 is 0 Å². The van der Waals surface area contributed by atoms with Crippen LogP contribution in [0.25, 0.3) is 0 Å². The summed E-state index contributed by atoms with van der Waals surface area (Å²) >= 11 is 0. The summed E-state index contributed by atoms with van der Waals surface area (Å²) in [6.45, 7) is 4.09. The van der Waals surface area contributed by atoms with E-state index in [2.05, 4.69) is 16.8 Å². The van der Waals surface area contributed by atoms with Gasteiger partial charge in [-0.1, -0.05) is 12.8 Å². The molecule has 2 saturated heterocycles. The summed E-state index contributed by atoms with van der Waals surface area (Å²) < 4.78 is 0. The number of amides is 2. The second-order valence-corrected chi connectivity index (χ2v) is 5.85. The molecule has 0 spiro atoms. The standard InChI is InChI=1S/C14H27N3O/c1-15-9-7-8-13(12-15)16(2)14(18)17-10-5-3-4-6-11-17/h13H,3-12H2,1-2H3. The minimum Gasteiger partial charge on any atom is -0.325 e. The maximum Gasteiger partial charge on any atom is 0.320 e. The Morgan fingerprint density at radius 1 is 1.06 bits per heavy atom. The quantitative estimate of drug-likeness (QED) is 0.714. The molecule has 0 aromatic carbocycles. The van der Waals surface area contributed by atoms with Crippen molar-refractivity contribution in [1.82, 2.24) is 14.7 Å². The van der Waals surface area contributed by atoms with Gasteiger partial charge in [-0.2, -0.15) is 0 Å². The number of likely N-dealkylation sites (N-methyl/N-ethyl adjacent to an activating group) is 2. The number of carbonyl (C=O) groups is 1. The molecule has 0 N–H and O–H groups in total. The molecule has 2 heterocycles. The van der Waals surface area contributed by atoms with Crippen LogP contribution in [0.1, 0.15) is 38.5 Å². The van der Waals surface area contributed by atoms with Crippen molar-refractivity contribution in [1.29, 1.82) is 0 Å². The molecule has 0 aromatic rings. The van der Waals surface area contributed by atoms with Crippen LogP contribution >= 0.6 is 0 Å². The fourth-order valence-electron chi connectivity index (χ4n) is 3.10. The van der Waals surface area contributed by atoms with E-state index < -0.39 is 0 Å². The fraction of sp³-hybridized carbons (Fsp3) is 0.929. The second kappa shape index (κ2) is 6.41. The number of urea groups is 1. The van der Waals surface area contributed by atoms with E-state index in [0.29, 0.717) is 6.04 Å². The highest BCUT2D eigenvalue weighted by atomic mass is 16.2. The topological polar surface area (TPSA) is 26.8 Å². The smallest absolute Gasteiger partial charge is 0.320 e. The number of hydrogen-bond acceptors (Lipinski definition) is 2. The van der Waals surface area contributed by atoms with Gasteiger partial charge in [-0.3, -0.25) is 0 Å². The van der Waals surface area contributed by atoms with Gasteiger partial charge in [0.05, 0.1) is 0 Å². The Kier molecular flexibility index (Phi) is 4.87. The van der Waals surface area contributed by atoms with Crippen molar-refractivity contribution in [2.24, 2.45) is 0 Å². The van der Waals surface area contributed by atoms with Gasteiger partial charge in [0.1, 0.15) is 0 Å². The second-order valence-electron chi connectivity index (χ2n) is 5.85. The zero-order valence-electron chi connectivity index (χ0n) is 11.9. The van der Waals surface area contributed by atoms with Crippen LogP contribution in [0.2, 0.25) is 0 Å². The number of carbonyl (C=O) groups excluding carboxylic acids is 1. The molecule has 0 saturated carbocycles. The van der Waals surface area contributed by atoms with Crippen LogP contribution in [0.4, 0.5) is 4.79 Å². The first-order valence-electron chi connectivity index (χ1n) is 7.39. The predicted octanol–water partition coefficient (Wildman–Crippen LogP) is 2.01. The van der Waals surface area contributed by atoms with Crippen LogP contribution in [0.3, 0.4) is 0 Å². The molecule has 0 bridgehead atoms. The van der Waals surface area contributed by atoms with Crippen LogP contribution in [0, 0.1) is 0 Å². The lowest BCUT2D eigenvalue weighted by Crippen LogP contribution is -2.51. The van der Waals surface area contributed by atoms with E-state index in [-0.39, 0.29) is 6.03 Å². The van der Waals surface area contributed by atoms with Crippen LogP contribution in [-0.4, -0.2) is 67.0 Å². The Hall–Kier alpha value is -0.770. The lowest BCUT2D eigenvalue weighted by Gasteiger charge is -2.38. The highest BCUT2D eigenvalue weighted by Crippen LogP contribution is 2.17. The number of hydrogen-bond donors (Lipinski definition) is 0. The molecule has 1 atom stereocenters. The monoisotopic (exact) mass is 253 g/mol. The van der Waals surface area contributed by atoms with Crippen molar-refractivity contribution >= 4 is 6.03 Å². The lowest BCUT2D eigenvalue weighted by molar-refractivity contribution is 0.115. The van der Waals surface area contributed by atoms with E-state index in [0.717, 1.165) is 26.1 Å². The number of nitrogens with zero attached hydrogens (tertiary/aromatic N) is 3. The van der Waals surface area contributed by atoms with E-state index in [9.17, 15) is 4.79 Å². The van der Waals surface area contributed by atoms with Gasteiger partial charge in [0.2, 0.25) is 0 Å². The summed E-state index contributed by atoms with van der Waals surface area (Å²) in [6.07, 6.45) is 7.26. The van der Waals surface area contributed by atoms with E-state index in [1.165, 1.54) is 38.6 Å². The van der Waals surface area contributed by atoms with E-state index in [1.54, 1.807) is 0 Å². The molecule has 2 aliphatic heterocycles. The van der Waals surface area contributed by atoms with Crippen molar-refractivity contribution in [2.45, 2.75) is 44.6 Å². The Bertz CT molecular complexity index is 274. The third kappa shape index (κ3) is 3.37. The Labute approximate surface area is 111 Å². The van der Waals surface area contributed by atoms with Crippen molar-refractivity contribution in [3.8, 4) is 0 Å². The minimum atomic E-state index is 0.247. The number of likely N-dealkylation sites (tertiary alicyclic amines) is 2. The van der Waals surface area contributed by atoms with Gasteiger partial charge >= 0.3 is 6.03 Å². The molecular formula is C14H27N3O. The van der Waals surface area contributed by atoms with Crippen molar-refractivity contribution in [3.63, 3.8) is 0 Å². The van der Waals surface area contributed by atoms with Crippen molar-refractivity contribution in [2.75, 3.05) is 40.3 Å². The highest BCUT2D eigenvalue weighted by Gasteiger charge is 2.27. The molecule has 2 rings (SSSR count). The first-order valence-corrected chi connectivity index (χ1v) is 7.39. The largest absolute Gasteiger partial charge is 0.325 e. The third-order valence-corrected chi connectivity index (χ3v) is 4.33. The summed E-state index contributed by atoms with van der Waals surface area (Å²) in [6, 6.07) is 0.650. The van der Waals surface area contributed by atoms with Crippen molar-refractivity contribution in [3.05, 3.63) is 0 Å². The SMILES string of the molecule is CN1CCCC(N(C)C(=O)N2CCCCCC2)C1. The normalized spacial score (nSPS) is 26.8. The summed E-state index contributed by atoms with van der Waals surface area (Å²) in [5.74, 6) is 0. The van der Waals surface area contributed by atoms with Gasteiger partial charge in [0.15, 0.2) is 0 Å². The van der Waals surface area contributed by atoms with Gasteiger partial charge in [0.25, 0.3) is 0 Å². The molecule has 4 heteroatoms. The van der Waals surface area contributed by atoms with Gasteiger partial charge in [-0.05, 0) is 39.3 Å². The van der Waals surface area contributed by atoms with Gasteiger partial charge in [-0.15, -0.1) is 0 Å². The van der Waals surface area contributed by atoms with E-state index in [4.69, 9.17) is 0 Å². The molecule has 1 unspecified atom stereocenters. The molecule has 104 valence electrons. The van der Waals surface area contributed by atoms with Gasteiger partial charge in [-0.25, -0.2) is 4.79 Å². The van der Waals surface area contributed by atoms with E-state index in [1.807, 2.05) is 11.9 Å². The average Bonchev–Trinajstić information content (AvgIpc) is 2.66. The minimum absolute atomic E-state index is 0.247. The predicted molar refractivity (Wildman–Crippen MR) is 73.7 cm³/mol. The average molecular weight is 253 g/mol. The lowest BCUT2D eigenvalue weighted by atomic mass is 10.1. The Balaban J connectivity index is 1.90. The molecule has 2 aliphatic rings. The highest BCUT2D eigenvalue weighted by molar-refractivity contribution is 5.74. The van der Waals surface area contributed by atoms with Crippen molar-refractivity contribution < 1.29 is 4.79 Å². The van der Waals surface area contributed by atoms with Crippen LogP contribution in [-0.2, 0) is 0 Å². The maximum atomic E-state index is 12.5. The van der Waals surface area contributed by atoms with Gasteiger partial charge in [0, 0.05) is 32.7 Å². The summed E-state index contributed by atoms with van der Waals surface area (Å²) in [7, 11) is 4.13. The summed E-state index contributed by atoms with van der Waals surface area (Å²) in [5.41, 5.74) is 0. The molecule has 0 aliphatic carbocycles. The molecule has 2 fully saturated rings. The van der Waals surface area contributed by atoms with Crippen LogP contribution in [0.15, 0.2) is 0 Å². The van der Waals surface area contributed by atoms with Crippen LogP contribution < -0.4 is 0 Å². The Morgan fingerprint density at radius 3 is 2.33 bits per heavy atom. The zero-order valence-corrected chi connectivity index (χ0v) is 11.9. The summed E-state index contributed by atoms with van der Waals surface area (Å²) in [4.78, 5) is 18.9. The Morgan fingerprint density at radius 2 is 1.72 bits per heavy atom. The maximum absolute atomic E-state index is 12.5. The first kappa shape index (κ1) is 13.7. The molecular weight excluding hydrogens is 226 g/mol. The van der Waals surface area contributed by atoms with Crippen LogP contribution in [0.5, 0.6) is 0 Å². The number of piperidine rings is 1. The van der Waals surface area contributed by atoms with Gasteiger partial charge < -0.3 is 14.7 Å². The third-order valence-electron chi connectivity index (χ3n) is 4.33. The zero-order chi connectivity index (χ0) is 13.0. The summed E-state index contributed by atoms with van der Waals surface area (Å²) in [5, 5.41) is 0. The molecule has 2 amide bonds. The molecule has 18 heavy (non-hydrogen) atoms. The fourth-order valence-corrected chi connectivity index (χ4v) is 3.10. The number of rotatable bonds is 1. The molecule has 0 radical (unpaired) electrons. The first-order chi connectivity index (χ1) is 8.68. The molecule has 0 aromatic heterocycles.